The number of amides is 1. The first-order chi connectivity index (χ1) is 9.94. The second-order valence-electron chi connectivity index (χ2n) is 5.50. The van der Waals surface area contributed by atoms with Crippen LogP contribution in [0.3, 0.4) is 0 Å². The highest BCUT2D eigenvalue weighted by Crippen LogP contribution is 2.32. The molecule has 0 aromatic carbocycles. The number of nitrogens with zero attached hydrogens (tertiary/aromatic N) is 2. The number of ether oxygens (including phenoxy) is 1. The van der Waals surface area contributed by atoms with E-state index in [2.05, 4.69) is 5.10 Å². The molecule has 0 spiro atoms. The van der Waals surface area contributed by atoms with E-state index >= 15 is 0 Å². The predicted octanol–water partition coefficient (Wildman–Crippen LogP) is 1.66. The Morgan fingerprint density at radius 2 is 2.19 bits per heavy atom. The largest absolute Gasteiger partial charge is 0.405 e. The van der Waals surface area contributed by atoms with Crippen molar-refractivity contribution in [2.45, 2.75) is 38.6 Å². The summed E-state index contributed by atoms with van der Waals surface area (Å²) in [6, 6.07) is 0. The Hall–Kier alpha value is -1.57. The van der Waals surface area contributed by atoms with Crippen molar-refractivity contribution in [1.82, 2.24) is 15.1 Å². The second-order valence-corrected chi connectivity index (χ2v) is 5.50. The molecule has 1 aliphatic carbocycles. The molecule has 3 rings (SSSR count). The van der Waals surface area contributed by atoms with Gasteiger partial charge in [0.15, 0.2) is 5.69 Å². The lowest BCUT2D eigenvalue weighted by Gasteiger charge is -2.15. The van der Waals surface area contributed by atoms with Crippen molar-refractivity contribution in [2.75, 3.05) is 13.2 Å². The predicted molar refractivity (Wildman–Crippen MR) is 66.7 cm³/mol. The van der Waals surface area contributed by atoms with Gasteiger partial charge in [-0.3, -0.25) is 9.48 Å². The van der Waals surface area contributed by atoms with Crippen LogP contribution in [-0.2, 0) is 24.3 Å². The topological polar surface area (TPSA) is 56.2 Å². The van der Waals surface area contributed by atoms with Crippen LogP contribution in [0.15, 0.2) is 0 Å². The molecule has 0 saturated heterocycles. The quantitative estimate of drug-likeness (QED) is 0.920. The number of carbonyl (C=O) groups excluding carboxylic acids is 1. The first-order valence-corrected chi connectivity index (χ1v) is 6.95. The maximum Gasteiger partial charge on any atom is 0.405 e. The smallest absolute Gasteiger partial charge is 0.376 e. The van der Waals surface area contributed by atoms with Gasteiger partial charge in [0.25, 0.3) is 5.91 Å². The van der Waals surface area contributed by atoms with Crippen LogP contribution in [0.5, 0.6) is 0 Å². The zero-order valence-electron chi connectivity index (χ0n) is 11.4. The van der Waals surface area contributed by atoms with Gasteiger partial charge in [-0.25, -0.2) is 0 Å². The number of halogens is 3. The van der Waals surface area contributed by atoms with Crippen LogP contribution < -0.4 is 5.32 Å². The van der Waals surface area contributed by atoms with E-state index in [0.717, 1.165) is 25.1 Å². The molecule has 1 aromatic heterocycles. The minimum atomic E-state index is -4.43. The van der Waals surface area contributed by atoms with Crippen LogP contribution in [0.1, 0.15) is 34.6 Å². The fourth-order valence-corrected chi connectivity index (χ4v) is 2.45. The number of hydrogen-bond acceptors (Lipinski definition) is 3. The van der Waals surface area contributed by atoms with Crippen LogP contribution in [0.25, 0.3) is 0 Å². The van der Waals surface area contributed by atoms with Crippen molar-refractivity contribution >= 4 is 5.91 Å². The van der Waals surface area contributed by atoms with Gasteiger partial charge >= 0.3 is 6.18 Å². The van der Waals surface area contributed by atoms with Gasteiger partial charge in [-0.2, -0.15) is 18.3 Å². The summed E-state index contributed by atoms with van der Waals surface area (Å²) in [7, 11) is 0. The van der Waals surface area contributed by atoms with E-state index in [0.29, 0.717) is 24.5 Å². The Balaban J connectivity index is 1.80. The minimum absolute atomic E-state index is 0.0644. The van der Waals surface area contributed by atoms with E-state index in [1.807, 2.05) is 5.32 Å². The summed E-state index contributed by atoms with van der Waals surface area (Å²) in [4.78, 5) is 11.9. The molecule has 1 aromatic rings. The lowest BCUT2D eigenvalue weighted by Crippen LogP contribution is -2.34. The zero-order chi connectivity index (χ0) is 15.0. The first-order valence-electron chi connectivity index (χ1n) is 6.95. The summed E-state index contributed by atoms with van der Waals surface area (Å²) in [5, 5.41) is 6.11. The van der Waals surface area contributed by atoms with Crippen LogP contribution in [0.4, 0.5) is 13.2 Å². The van der Waals surface area contributed by atoms with Gasteiger partial charge in [0.2, 0.25) is 0 Å². The Labute approximate surface area is 119 Å². The van der Waals surface area contributed by atoms with Crippen molar-refractivity contribution in [3.8, 4) is 0 Å². The molecule has 0 unspecified atom stereocenters. The van der Waals surface area contributed by atoms with Crippen molar-refractivity contribution in [3.63, 3.8) is 0 Å². The van der Waals surface area contributed by atoms with Crippen LogP contribution >= 0.6 is 0 Å². The summed E-state index contributed by atoms with van der Waals surface area (Å²) in [6.07, 6.45) is -1.51. The lowest BCUT2D eigenvalue weighted by molar-refractivity contribution is -0.123. The molecule has 2 aliphatic rings. The van der Waals surface area contributed by atoms with Crippen molar-refractivity contribution in [3.05, 3.63) is 17.0 Å². The zero-order valence-corrected chi connectivity index (χ0v) is 11.4. The van der Waals surface area contributed by atoms with Crippen LogP contribution in [0.2, 0.25) is 0 Å². The van der Waals surface area contributed by atoms with E-state index in [4.69, 9.17) is 4.74 Å². The van der Waals surface area contributed by atoms with Crippen LogP contribution in [0, 0.1) is 5.92 Å². The number of aromatic nitrogens is 2. The molecule has 0 atom stereocenters. The molecule has 1 N–H and O–H groups in total. The van der Waals surface area contributed by atoms with Gasteiger partial charge in [-0.1, -0.05) is 0 Å². The van der Waals surface area contributed by atoms with Gasteiger partial charge in [-0.05, 0) is 18.8 Å². The monoisotopic (exact) mass is 303 g/mol. The Bertz CT molecular complexity index is 550. The molecule has 8 heteroatoms. The normalized spacial score (nSPS) is 18.4. The molecule has 2 heterocycles. The van der Waals surface area contributed by atoms with Gasteiger partial charge < -0.3 is 10.1 Å². The minimum Gasteiger partial charge on any atom is -0.376 e. The van der Waals surface area contributed by atoms with Gasteiger partial charge in [0.05, 0.1) is 13.2 Å². The summed E-state index contributed by atoms with van der Waals surface area (Å²) in [5.41, 5.74) is 1.61. The summed E-state index contributed by atoms with van der Waals surface area (Å²) >= 11 is 0. The van der Waals surface area contributed by atoms with Gasteiger partial charge in [0, 0.05) is 24.2 Å². The first kappa shape index (κ1) is 14.4. The number of carbonyl (C=O) groups is 1. The second kappa shape index (κ2) is 5.32. The fraction of sp³-hybridized carbons (Fsp3) is 0.692. The average Bonchev–Trinajstić information content (AvgIpc) is 3.17. The third-order valence-corrected chi connectivity index (χ3v) is 3.69. The highest BCUT2D eigenvalue weighted by Gasteiger charge is 2.32. The molecule has 1 saturated carbocycles. The lowest BCUT2D eigenvalue weighted by atomic mass is 10.1. The fourth-order valence-electron chi connectivity index (χ4n) is 2.45. The molecule has 116 valence electrons. The van der Waals surface area contributed by atoms with E-state index in [1.54, 1.807) is 4.68 Å². The molecule has 1 fully saturated rings. The van der Waals surface area contributed by atoms with Crippen molar-refractivity contribution in [2.24, 2.45) is 5.92 Å². The molecule has 0 radical (unpaired) electrons. The molecule has 1 aliphatic heterocycles. The summed E-state index contributed by atoms with van der Waals surface area (Å²) in [5.74, 6) is -0.216. The Kier molecular flexibility index (Phi) is 3.64. The maximum absolute atomic E-state index is 12.2. The van der Waals surface area contributed by atoms with Crippen molar-refractivity contribution < 1.29 is 22.7 Å². The molecular formula is C13H16F3N3O2. The number of alkyl halides is 3. The van der Waals surface area contributed by atoms with E-state index in [1.165, 1.54) is 0 Å². The standard InChI is InChI=1S/C13H16F3N3O2/c14-13(15,16)7-17-12(20)11-9-6-21-4-3-10(9)19(18-11)5-8-1-2-8/h8H,1-7H2,(H,17,20). The third kappa shape index (κ3) is 3.37. The summed E-state index contributed by atoms with van der Waals surface area (Å²) < 4.78 is 43.7. The number of hydrogen-bond donors (Lipinski definition) is 1. The maximum atomic E-state index is 12.2. The van der Waals surface area contributed by atoms with Gasteiger partial charge in [0.1, 0.15) is 6.54 Å². The summed E-state index contributed by atoms with van der Waals surface area (Å²) in [6.45, 7) is 0.160. The Morgan fingerprint density at radius 1 is 1.43 bits per heavy atom. The molecule has 5 nitrogen and oxygen atoms in total. The SMILES string of the molecule is O=C(NCC(F)(F)F)c1nn(CC2CC2)c2c1COCC2. The highest BCUT2D eigenvalue weighted by atomic mass is 19.4. The number of rotatable bonds is 4. The van der Waals surface area contributed by atoms with Crippen molar-refractivity contribution in [1.29, 1.82) is 0 Å². The van der Waals surface area contributed by atoms with E-state index in [9.17, 15) is 18.0 Å². The van der Waals surface area contributed by atoms with Gasteiger partial charge in [-0.15, -0.1) is 0 Å². The van der Waals surface area contributed by atoms with Crippen LogP contribution in [-0.4, -0.2) is 35.0 Å². The Morgan fingerprint density at radius 3 is 2.86 bits per heavy atom. The van der Waals surface area contributed by atoms with E-state index < -0.39 is 18.6 Å². The molecule has 21 heavy (non-hydrogen) atoms. The molecule has 0 bridgehead atoms. The van der Waals surface area contributed by atoms with E-state index in [-0.39, 0.29) is 12.3 Å². The average molecular weight is 303 g/mol. The number of nitrogens with one attached hydrogen (secondary N) is 1. The number of fused-ring (bicyclic) bond motifs is 1. The molecular weight excluding hydrogens is 287 g/mol. The highest BCUT2D eigenvalue weighted by molar-refractivity contribution is 5.94. The third-order valence-electron chi connectivity index (χ3n) is 3.69. The molecule has 1 amide bonds.